The summed E-state index contributed by atoms with van der Waals surface area (Å²) in [7, 11) is 0. The Labute approximate surface area is 156 Å². The number of carbonyl (C=O) groups excluding carboxylic acids is 1. The Morgan fingerprint density at radius 2 is 2.00 bits per heavy atom. The highest BCUT2D eigenvalue weighted by Crippen LogP contribution is 2.26. The molecule has 3 rings (SSSR count). The van der Waals surface area contributed by atoms with Gasteiger partial charge in [-0.05, 0) is 36.4 Å². The fourth-order valence-corrected chi connectivity index (χ4v) is 3.12. The fraction of sp³-hybridized carbons (Fsp3) is 0.0588. The Hall–Kier alpha value is -2.84. The van der Waals surface area contributed by atoms with Crippen molar-refractivity contribution in [3.05, 3.63) is 80.1 Å². The summed E-state index contributed by atoms with van der Waals surface area (Å²) in [6.45, 7) is -0.143. The Morgan fingerprint density at radius 1 is 1.27 bits per heavy atom. The SMILES string of the molecule is O=C(OCc1csc(-c2ccc(F)cc2)n1)c1ccc(Cl)cc1[N+](=O)[O-]. The fourth-order valence-electron chi connectivity index (χ4n) is 2.14. The molecule has 0 aliphatic heterocycles. The Kier molecular flexibility index (Phi) is 5.24. The Balaban J connectivity index is 1.71. The first-order valence-electron chi connectivity index (χ1n) is 7.25. The van der Waals surface area contributed by atoms with Gasteiger partial charge in [0.05, 0.1) is 10.6 Å². The molecule has 0 saturated carbocycles. The Morgan fingerprint density at radius 3 is 2.69 bits per heavy atom. The molecule has 6 nitrogen and oxygen atoms in total. The van der Waals surface area contributed by atoms with Crippen molar-refractivity contribution in [3.8, 4) is 10.6 Å². The average Bonchev–Trinajstić information content (AvgIpc) is 3.09. The van der Waals surface area contributed by atoms with E-state index in [1.807, 2.05) is 0 Å². The van der Waals surface area contributed by atoms with E-state index in [0.717, 1.165) is 11.6 Å². The second-order valence-electron chi connectivity index (χ2n) is 5.15. The molecule has 0 radical (unpaired) electrons. The molecule has 1 aromatic heterocycles. The summed E-state index contributed by atoms with van der Waals surface area (Å²) in [6, 6.07) is 9.57. The molecule has 9 heteroatoms. The summed E-state index contributed by atoms with van der Waals surface area (Å²) in [6.07, 6.45) is 0. The van der Waals surface area contributed by atoms with E-state index in [0.29, 0.717) is 10.7 Å². The van der Waals surface area contributed by atoms with Gasteiger partial charge in [0.1, 0.15) is 23.0 Å². The third-order valence-corrected chi connectivity index (χ3v) is 4.55. The molecule has 0 amide bonds. The number of hydrogen-bond donors (Lipinski definition) is 0. The zero-order valence-corrected chi connectivity index (χ0v) is 14.6. The molecule has 2 aromatic carbocycles. The number of rotatable bonds is 5. The van der Waals surface area contributed by atoms with Crippen LogP contribution in [0.3, 0.4) is 0 Å². The maximum absolute atomic E-state index is 13.0. The van der Waals surface area contributed by atoms with Crippen molar-refractivity contribution in [1.29, 1.82) is 0 Å². The number of esters is 1. The van der Waals surface area contributed by atoms with Gasteiger partial charge < -0.3 is 4.74 Å². The molecule has 0 aliphatic carbocycles. The first-order chi connectivity index (χ1) is 12.4. The normalized spacial score (nSPS) is 10.5. The van der Waals surface area contributed by atoms with Gasteiger partial charge in [0.15, 0.2) is 0 Å². The van der Waals surface area contributed by atoms with Gasteiger partial charge in [0.2, 0.25) is 0 Å². The van der Waals surface area contributed by atoms with Crippen LogP contribution in [0.25, 0.3) is 10.6 Å². The molecule has 0 saturated heterocycles. The molecular formula is C17H10ClFN2O4S. The largest absolute Gasteiger partial charge is 0.455 e. The standard InChI is InChI=1S/C17H10ClFN2O4S/c18-11-3-6-14(15(7-11)21(23)24)17(22)25-8-13-9-26-16(20-13)10-1-4-12(19)5-2-10/h1-7,9H,8H2. The molecule has 1 heterocycles. The quantitative estimate of drug-likeness (QED) is 0.351. The first-order valence-corrected chi connectivity index (χ1v) is 8.51. The minimum Gasteiger partial charge on any atom is -0.455 e. The van der Waals surface area contributed by atoms with Crippen LogP contribution in [0, 0.1) is 15.9 Å². The summed E-state index contributed by atoms with van der Waals surface area (Å²) >= 11 is 7.04. The molecule has 0 spiro atoms. The summed E-state index contributed by atoms with van der Waals surface area (Å²) in [5, 5.41) is 13.5. The maximum Gasteiger partial charge on any atom is 0.345 e. The first kappa shape index (κ1) is 18.0. The average molecular weight is 393 g/mol. The third kappa shape index (κ3) is 4.04. The highest BCUT2D eigenvalue weighted by molar-refractivity contribution is 7.13. The van der Waals surface area contributed by atoms with E-state index >= 15 is 0 Å². The number of aromatic nitrogens is 1. The van der Waals surface area contributed by atoms with Crippen molar-refractivity contribution in [2.45, 2.75) is 6.61 Å². The topological polar surface area (TPSA) is 82.3 Å². The number of ether oxygens (including phenoxy) is 1. The molecule has 0 bridgehead atoms. The summed E-state index contributed by atoms with van der Waals surface area (Å²) < 4.78 is 18.1. The highest BCUT2D eigenvalue weighted by Gasteiger charge is 2.22. The lowest BCUT2D eigenvalue weighted by Crippen LogP contribution is -2.08. The second kappa shape index (κ2) is 7.59. The van der Waals surface area contributed by atoms with Crippen LogP contribution in [0.15, 0.2) is 47.8 Å². The van der Waals surface area contributed by atoms with Gasteiger partial charge in [0.25, 0.3) is 5.69 Å². The predicted octanol–water partition coefficient (Wildman–Crippen LogP) is 4.87. The number of benzene rings is 2. The van der Waals surface area contributed by atoms with Crippen molar-refractivity contribution >= 4 is 34.6 Å². The number of thiazole rings is 1. The van der Waals surface area contributed by atoms with Crippen LogP contribution in [-0.4, -0.2) is 15.9 Å². The van der Waals surface area contributed by atoms with Gasteiger partial charge in [-0.15, -0.1) is 11.3 Å². The van der Waals surface area contributed by atoms with Gasteiger partial charge in [-0.25, -0.2) is 14.2 Å². The minimum atomic E-state index is -0.843. The van der Waals surface area contributed by atoms with Crippen LogP contribution in [0.2, 0.25) is 5.02 Å². The van der Waals surface area contributed by atoms with Gasteiger partial charge in [-0.3, -0.25) is 10.1 Å². The molecule has 3 aromatic rings. The number of nitrogens with zero attached hydrogens (tertiary/aromatic N) is 2. The molecule has 0 N–H and O–H groups in total. The number of nitro groups is 1. The number of nitro benzene ring substituents is 1. The van der Waals surface area contributed by atoms with Crippen molar-refractivity contribution in [1.82, 2.24) is 4.98 Å². The van der Waals surface area contributed by atoms with E-state index in [4.69, 9.17) is 16.3 Å². The summed E-state index contributed by atoms with van der Waals surface area (Å²) in [5.41, 5.74) is 0.614. The predicted molar refractivity (Wildman–Crippen MR) is 94.7 cm³/mol. The van der Waals surface area contributed by atoms with Crippen LogP contribution < -0.4 is 0 Å². The molecule has 0 unspecified atom stereocenters. The van der Waals surface area contributed by atoms with Crippen molar-refractivity contribution in [2.24, 2.45) is 0 Å². The van der Waals surface area contributed by atoms with E-state index in [-0.39, 0.29) is 23.0 Å². The Bertz CT molecular complexity index is 975. The van der Waals surface area contributed by atoms with Gasteiger partial charge in [-0.1, -0.05) is 11.6 Å². The van der Waals surface area contributed by atoms with E-state index in [1.54, 1.807) is 17.5 Å². The zero-order valence-electron chi connectivity index (χ0n) is 13.0. The van der Waals surface area contributed by atoms with E-state index < -0.39 is 16.6 Å². The van der Waals surface area contributed by atoms with Crippen LogP contribution in [-0.2, 0) is 11.3 Å². The van der Waals surface area contributed by atoms with Crippen molar-refractivity contribution in [2.75, 3.05) is 0 Å². The van der Waals surface area contributed by atoms with Gasteiger partial charge >= 0.3 is 5.97 Å². The lowest BCUT2D eigenvalue weighted by molar-refractivity contribution is -0.385. The number of hydrogen-bond acceptors (Lipinski definition) is 6. The third-order valence-electron chi connectivity index (χ3n) is 3.37. The molecule has 0 fully saturated rings. The number of carbonyl (C=O) groups is 1. The van der Waals surface area contributed by atoms with E-state index in [1.165, 1.54) is 35.6 Å². The van der Waals surface area contributed by atoms with Crippen LogP contribution in [0.4, 0.5) is 10.1 Å². The lowest BCUT2D eigenvalue weighted by atomic mass is 10.2. The maximum atomic E-state index is 13.0. The lowest BCUT2D eigenvalue weighted by Gasteiger charge is -2.04. The summed E-state index contributed by atoms with van der Waals surface area (Å²) in [4.78, 5) is 26.8. The molecule has 0 aliphatic rings. The smallest absolute Gasteiger partial charge is 0.345 e. The molecule has 132 valence electrons. The monoisotopic (exact) mass is 392 g/mol. The van der Waals surface area contributed by atoms with Crippen LogP contribution in [0.1, 0.15) is 16.1 Å². The van der Waals surface area contributed by atoms with Crippen LogP contribution >= 0.6 is 22.9 Å². The molecule has 0 atom stereocenters. The number of halogens is 2. The van der Waals surface area contributed by atoms with Gasteiger partial charge in [0, 0.05) is 22.0 Å². The van der Waals surface area contributed by atoms with E-state index in [2.05, 4.69) is 4.98 Å². The van der Waals surface area contributed by atoms with Gasteiger partial charge in [-0.2, -0.15) is 0 Å². The minimum absolute atomic E-state index is 0.143. The van der Waals surface area contributed by atoms with E-state index in [9.17, 15) is 19.3 Å². The molecular weight excluding hydrogens is 383 g/mol. The summed E-state index contributed by atoms with van der Waals surface area (Å²) in [5.74, 6) is -1.19. The zero-order chi connectivity index (χ0) is 18.7. The second-order valence-corrected chi connectivity index (χ2v) is 6.44. The van der Waals surface area contributed by atoms with Crippen molar-refractivity contribution in [3.63, 3.8) is 0 Å². The highest BCUT2D eigenvalue weighted by atomic mass is 35.5. The molecule has 26 heavy (non-hydrogen) atoms. The van der Waals surface area contributed by atoms with Crippen LogP contribution in [0.5, 0.6) is 0 Å². The van der Waals surface area contributed by atoms with Crippen molar-refractivity contribution < 1.29 is 18.8 Å².